The first-order valence-corrected chi connectivity index (χ1v) is 6.12. The van der Waals surface area contributed by atoms with E-state index in [2.05, 4.69) is 17.1 Å². The highest BCUT2D eigenvalue weighted by molar-refractivity contribution is 5.95. The monoisotopic (exact) mass is 251 g/mol. The van der Waals surface area contributed by atoms with Crippen LogP contribution in [0.1, 0.15) is 13.3 Å². The molecule has 98 valence electrons. The standard InChI is InChI=1S/C13H18FN3O/c1-9-4-5-17(7-9)8-13(18)16-12-6-10(14)2-3-11(12)15/h2-3,6,9H,4-5,7-8,15H2,1H3,(H,16,18). The van der Waals surface area contributed by atoms with Crippen LogP contribution in [0.5, 0.6) is 0 Å². The molecule has 1 aromatic carbocycles. The van der Waals surface area contributed by atoms with Gasteiger partial charge in [0.15, 0.2) is 0 Å². The normalized spacial score (nSPS) is 20.0. The summed E-state index contributed by atoms with van der Waals surface area (Å²) < 4.78 is 13.0. The second kappa shape index (κ2) is 5.35. The molecule has 1 fully saturated rings. The van der Waals surface area contributed by atoms with Crippen molar-refractivity contribution in [1.82, 2.24) is 4.90 Å². The van der Waals surface area contributed by atoms with E-state index in [1.165, 1.54) is 18.2 Å². The second-order valence-corrected chi connectivity index (χ2v) is 4.91. The van der Waals surface area contributed by atoms with Crippen LogP contribution in [-0.2, 0) is 4.79 Å². The lowest BCUT2D eigenvalue weighted by molar-refractivity contribution is -0.117. The molecule has 1 unspecified atom stereocenters. The molecule has 4 nitrogen and oxygen atoms in total. The molecule has 0 bridgehead atoms. The molecule has 1 aliphatic heterocycles. The first-order chi connectivity index (χ1) is 8.54. The van der Waals surface area contributed by atoms with Crippen LogP contribution in [0.15, 0.2) is 18.2 Å². The lowest BCUT2D eigenvalue weighted by atomic mass is 10.2. The van der Waals surface area contributed by atoms with Gasteiger partial charge in [-0.1, -0.05) is 6.92 Å². The maximum atomic E-state index is 13.0. The maximum Gasteiger partial charge on any atom is 0.238 e. The topological polar surface area (TPSA) is 58.4 Å². The van der Waals surface area contributed by atoms with Crippen molar-refractivity contribution in [3.05, 3.63) is 24.0 Å². The van der Waals surface area contributed by atoms with Crippen LogP contribution in [-0.4, -0.2) is 30.4 Å². The van der Waals surface area contributed by atoms with Gasteiger partial charge in [0.2, 0.25) is 5.91 Å². The van der Waals surface area contributed by atoms with Gasteiger partial charge in [-0.15, -0.1) is 0 Å². The van der Waals surface area contributed by atoms with Gasteiger partial charge in [-0.05, 0) is 37.1 Å². The van der Waals surface area contributed by atoms with Gasteiger partial charge < -0.3 is 11.1 Å². The maximum absolute atomic E-state index is 13.0. The zero-order chi connectivity index (χ0) is 13.1. The number of likely N-dealkylation sites (tertiary alicyclic amines) is 1. The Kier molecular flexibility index (Phi) is 3.81. The molecule has 1 saturated heterocycles. The summed E-state index contributed by atoms with van der Waals surface area (Å²) in [5.41, 5.74) is 6.39. The van der Waals surface area contributed by atoms with Crippen LogP contribution in [0.3, 0.4) is 0 Å². The predicted molar refractivity (Wildman–Crippen MR) is 69.7 cm³/mol. The highest BCUT2D eigenvalue weighted by Crippen LogP contribution is 2.19. The van der Waals surface area contributed by atoms with Gasteiger partial charge in [0.25, 0.3) is 0 Å². The molecule has 1 heterocycles. The zero-order valence-electron chi connectivity index (χ0n) is 10.4. The van der Waals surface area contributed by atoms with E-state index >= 15 is 0 Å². The number of hydrogen-bond acceptors (Lipinski definition) is 3. The van der Waals surface area contributed by atoms with Crippen LogP contribution in [0, 0.1) is 11.7 Å². The molecule has 3 N–H and O–H groups in total. The van der Waals surface area contributed by atoms with Crippen molar-refractivity contribution in [3.63, 3.8) is 0 Å². The molecule has 5 heteroatoms. The number of halogens is 1. The van der Waals surface area contributed by atoms with Crippen LogP contribution < -0.4 is 11.1 Å². The Morgan fingerprint density at radius 1 is 1.61 bits per heavy atom. The molecule has 0 aromatic heterocycles. The number of carbonyl (C=O) groups is 1. The van der Waals surface area contributed by atoms with Crippen molar-refractivity contribution >= 4 is 17.3 Å². The molecule has 1 atom stereocenters. The molecule has 2 rings (SSSR count). The molecule has 0 aliphatic carbocycles. The van der Waals surface area contributed by atoms with E-state index < -0.39 is 5.82 Å². The van der Waals surface area contributed by atoms with Crippen molar-refractivity contribution in [2.75, 3.05) is 30.7 Å². The minimum atomic E-state index is -0.408. The number of anilines is 2. The summed E-state index contributed by atoms with van der Waals surface area (Å²) in [6, 6.07) is 3.95. The van der Waals surface area contributed by atoms with Crippen molar-refractivity contribution in [2.45, 2.75) is 13.3 Å². The molecule has 0 spiro atoms. The number of amides is 1. The van der Waals surface area contributed by atoms with E-state index in [0.29, 0.717) is 23.8 Å². The van der Waals surface area contributed by atoms with Gasteiger partial charge in [0.05, 0.1) is 17.9 Å². The number of nitrogen functional groups attached to an aromatic ring is 1. The van der Waals surface area contributed by atoms with E-state index in [-0.39, 0.29) is 5.91 Å². The fraction of sp³-hybridized carbons (Fsp3) is 0.462. The number of nitrogens with one attached hydrogen (secondary N) is 1. The van der Waals surface area contributed by atoms with Gasteiger partial charge in [0, 0.05) is 6.54 Å². The van der Waals surface area contributed by atoms with E-state index in [9.17, 15) is 9.18 Å². The molecular weight excluding hydrogens is 233 g/mol. The second-order valence-electron chi connectivity index (χ2n) is 4.91. The van der Waals surface area contributed by atoms with Crippen molar-refractivity contribution in [2.24, 2.45) is 5.92 Å². The summed E-state index contributed by atoms with van der Waals surface area (Å²) >= 11 is 0. The van der Waals surface area contributed by atoms with E-state index in [1.807, 2.05) is 0 Å². The van der Waals surface area contributed by atoms with Crippen LogP contribution in [0.25, 0.3) is 0 Å². The van der Waals surface area contributed by atoms with Gasteiger partial charge in [-0.25, -0.2) is 4.39 Å². The quantitative estimate of drug-likeness (QED) is 0.804. The highest BCUT2D eigenvalue weighted by atomic mass is 19.1. The minimum absolute atomic E-state index is 0.151. The highest BCUT2D eigenvalue weighted by Gasteiger charge is 2.20. The molecule has 1 aromatic rings. The Morgan fingerprint density at radius 2 is 2.39 bits per heavy atom. The lowest BCUT2D eigenvalue weighted by Gasteiger charge is -2.15. The Morgan fingerprint density at radius 3 is 3.06 bits per heavy atom. The number of nitrogens with two attached hydrogens (primary N) is 1. The van der Waals surface area contributed by atoms with Gasteiger partial charge in [-0.3, -0.25) is 9.69 Å². The van der Waals surface area contributed by atoms with Gasteiger partial charge in [0.1, 0.15) is 5.82 Å². The summed E-state index contributed by atoms with van der Waals surface area (Å²) in [5, 5.41) is 2.65. The number of rotatable bonds is 3. The SMILES string of the molecule is CC1CCN(CC(=O)Nc2cc(F)ccc2N)C1. The summed E-state index contributed by atoms with van der Waals surface area (Å²) in [6.45, 7) is 4.38. The number of nitrogens with zero attached hydrogens (tertiary/aromatic N) is 1. The van der Waals surface area contributed by atoms with E-state index in [0.717, 1.165) is 19.5 Å². The summed E-state index contributed by atoms with van der Waals surface area (Å²) in [5.74, 6) is 0.0766. The summed E-state index contributed by atoms with van der Waals surface area (Å²) in [6.07, 6.45) is 1.12. The third-order valence-corrected chi connectivity index (χ3v) is 3.16. The molecule has 1 amide bonds. The fourth-order valence-corrected chi connectivity index (χ4v) is 2.20. The molecule has 0 radical (unpaired) electrons. The summed E-state index contributed by atoms with van der Waals surface area (Å²) in [7, 11) is 0. The van der Waals surface area contributed by atoms with Crippen molar-refractivity contribution in [3.8, 4) is 0 Å². The zero-order valence-corrected chi connectivity index (χ0v) is 10.4. The first-order valence-electron chi connectivity index (χ1n) is 6.12. The predicted octanol–water partition coefficient (Wildman–Crippen LogP) is 1.69. The van der Waals surface area contributed by atoms with Crippen molar-refractivity contribution in [1.29, 1.82) is 0 Å². The Bertz CT molecular complexity index is 450. The lowest BCUT2D eigenvalue weighted by Crippen LogP contribution is -2.31. The Hall–Kier alpha value is -1.62. The van der Waals surface area contributed by atoms with E-state index in [1.54, 1.807) is 0 Å². The summed E-state index contributed by atoms with van der Waals surface area (Å²) in [4.78, 5) is 13.9. The molecular formula is C13H18FN3O. The van der Waals surface area contributed by atoms with E-state index in [4.69, 9.17) is 5.73 Å². The van der Waals surface area contributed by atoms with Gasteiger partial charge >= 0.3 is 0 Å². The molecule has 18 heavy (non-hydrogen) atoms. The van der Waals surface area contributed by atoms with Gasteiger partial charge in [-0.2, -0.15) is 0 Å². The van der Waals surface area contributed by atoms with Crippen LogP contribution >= 0.6 is 0 Å². The fourth-order valence-electron chi connectivity index (χ4n) is 2.20. The first kappa shape index (κ1) is 12.8. The Labute approximate surface area is 106 Å². The number of carbonyl (C=O) groups excluding carboxylic acids is 1. The third-order valence-electron chi connectivity index (χ3n) is 3.16. The average Bonchev–Trinajstić information content (AvgIpc) is 2.69. The van der Waals surface area contributed by atoms with Crippen LogP contribution in [0.4, 0.5) is 15.8 Å². The smallest absolute Gasteiger partial charge is 0.238 e. The molecule has 0 saturated carbocycles. The minimum Gasteiger partial charge on any atom is -0.397 e. The number of benzene rings is 1. The largest absolute Gasteiger partial charge is 0.397 e. The Balaban J connectivity index is 1.92. The van der Waals surface area contributed by atoms with Crippen molar-refractivity contribution < 1.29 is 9.18 Å². The third kappa shape index (κ3) is 3.20. The molecule has 1 aliphatic rings. The average molecular weight is 251 g/mol. The van der Waals surface area contributed by atoms with Crippen LogP contribution in [0.2, 0.25) is 0 Å². The number of hydrogen-bond donors (Lipinski definition) is 2.